The molecule has 0 fully saturated rings. The fraction of sp³-hybridized carbons (Fsp3) is 0.455. The van der Waals surface area contributed by atoms with Crippen LogP contribution in [0.2, 0.25) is 0 Å². The Balaban J connectivity index is 2.56. The summed E-state index contributed by atoms with van der Waals surface area (Å²) < 4.78 is 61.4. The quantitative estimate of drug-likeness (QED) is 0.626. The fourth-order valence-electron chi connectivity index (χ4n) is 1.34. The molecule has 0 aromatic heterocycles. The van der Waals surface area contributed by atoms with Gasteiger partial charge >= 0.3 is 6.18 Å². The van der Waals surface area contributed by atoms with Crippen molar-refractivity contribution in [2.45, 2.75) is 29.2 Å². The topological polar surface area (TPSA) is 46.2 Å². The van der Waals surface area contributed by atoms with Gasteiger partial charge in [-0.2, -0.15) is 13.2 Å². The minimum atomic E-state index is -4.26. The minimum absolute atomic E-state index is 0.0456. The highest BCUT2D eigenvalue weighted by Gasteiger charge is 2.26. The standard InChI is InChI=1S/C11H13BrF3NO2S/c12-8-9-2-4-10(5-3-9)19(17,18)16-7-1-6-11(13,14)15/h2-5,16H,1,6-8H2. The lowest BCUT2D eigenvalue weighted by atomic mass is 10.2. The van der Waals surface area contributed by atoms with Crippen LogP contribution >= 0.6 is 15.9 Å². The Bertz CT molecular complexity index is 500. The molecule has 0 saturated heterocycles. The number of benzene rings is 1. The zero-order valence-electron chi connectivity index (χ0n) is 9.87. The molecule has 0 spiro atoms. The van der Waals surface area contributed by atoms with Gasteiger partial charge in [-0.15, -0.1) is 0 Å². The van der Waals surface area contributed by atoms with E-state index >= 15 is 0 Å². The van der Waals surface area contributed by atoms with E-state index in [0.29, 0.717) is 5.33 Å². The van der Waals surface area contributed by atoms with E-state index in [1.54, 1.807) is 12.1 Å². The third-order valence-electron chi connectivity index (χ3n) is 2.32. The molecule has 3 nitrogen and oxygen atoms in total. The molecular formula is C11H13BrF3NO2S. The molecule has 1 aromatic carbocycles. The Morgan fingerprint density at radius 3 is 2.21 bits per heavy atom. The maximum atomic E-state index is 11.9. The Labute approximate surface area is 118 Å². The third kappa shape index (κ3) is 5.92. The lowest BCUT2D eigenvalue weighted by molar-refractivity contribution is -0.135. The smallest absolute Gasteiger partial charge is 0.211 e. The Hall–Kier alpha value is -0.600. The van der Waals surface area contributed by atoms with E-state index < -0.39 is 22.6 Å². The lowest BCUT2D eigenvalue weighted by Gasteiger charge is -2.08. The number of rotatable bonds is 6. The molecule has 108 valence electrons. The molecule has 0 aliphatic carbocycles. The van der Waals surface area contributed by atoms with E-state index in [2.05, 4.69) is 20.7 Å². The summed E-state index contributed by atoms with van der Waals surface area (Å²) in [5, 5.41) is 0.604. The molecule has 1 N–H and O–H groups in total. The van der Waals surface area contributed by atoms with Gasteiger partial charge in [-0.05, 0) is 24.1 Å². The molecule has 0 aliphatic rings. The van der Waals surface area contributed by atoms with Crippen molar-refractivity contribution >= 4 is 26.0 Å². The average Bonchev–Trinajstić information content (AvgIpc) is 2.34. The number of hydrogen-bond acceptors (Lipinski definition) is 2. The van der Waals surface area contributed by atoms with Crippen molar-refractivity contribution in [3.63, 3.8) is 0 Å². The minimum Gasteiger partial charge on any atom is -0.211 e. The normalized spacial score (nSPS) is 12.6. The van der Waals surface area contributed by atoms with Crippen molar-refractivity contribution in [2.24, 2.45) is 0 Å². The molecule has 0 aliphatic heterocycles. The number of sulfonamides is 1. The molecular weight excluding hydrogens is 347 g/mol. The zero-order chi connectivity index (χ0) is 14.5. The molecule has 1 rings (SSSR count). The summed E-state index contributed by atoms with van der Waals surface area (Å²) in [5.41, 5.74) is 0.913. The maximum Gasteiger partial charge on any atom is 0.389 e. The molecule has 19 heavy (non-hydrogen) atoms. The summed E-state index contributed by atoms with van der Waals surface area (Å²) >= 11 is 3.23. The fourth-order valence-corrected chi connectivity index (χ4v) is 2.78. The van der Waals surface area contributed by atoms with Gasteiger partial charge in [0.1, 0.15) is 0 Å². The van der Waals surface area contributed by atoms with Gasteiger partial charge in [-0.25, -0.2) is 13.1 Å². The molecule has 0 heterocycles. The van der Waals surface area contributed by atoms with E-state index in [0.717, 1.165) is 5.56 Å². The summed E-state index contributed by atoms with van der Waals surface area (Å²) in [7, 11) is -3.74. The van der Waals surface area contributed by atoms with E-state index in [1.807, 2.05) is 0 Å². The number of hydrogen-bond donors (Lipinski definition) is 1. The maximum absolute atomic E-state index is 11.9. The molecule has 1 aromatic rings. The Morgan fingerprint density at radius 2 is 1.74 bits per heavy atom. The highest BCUT2D eigenvalue weighted by atomic mass is 79.9. The van der Waals surface area contributed by atoms with Crippen LogP contribution in [0.25, 0.3) is 0 Å². The highest BCUT2D eigenvalue weighted by Crippen LogP contribution is 2.21. The third-order valence-corrected chi connectivity index (χ3v) is 4.44. The first-order valence-corrected chi connectivity index (χ1v) is 8.06. The van der Waals surface area contributed by atoms with Gasteiger partial charge < -0.3 is 0 Å². The highest BCUT2D eigenvalue weighted by molar-refractivity contribution is 9.08. The van der Waals surface area contributed by atoms with Crippen LogP contribution in [-0.4, -0.2) is 21.1 Å². The van der Waals surface area contributed by atoms with E-state index in [9.17, 15) is 21.6 Å². The SMILES string of the molecule is O=S(=O)(NCCCC(F)(F)F)c1ccc(CBr)cc1. The average molecular weight is 360 g/mol. The van der Waals surface area contributed by atoms with Gasteiger partial charge in [0.05, 0.1) is 4.90 Å². The second-order valence-corrected chi connectivity index (χ2v) is 6.22. The first kappa shape index (κ1) is 16.5. The van der Waals surface area contributed by atoms with Crippen LogP contribution < -0.4 is 4.72 Å². The van der Waals surface area contributed by atoms with Crippen molar-refractivity contribution in [1.82, 2.24) is 4.72 Å². The van der Waals surface area contributed by atoms with Crippen LogP contribution in [-0.2, 0) is 15.4 Å². The molecule has 0 amide bonds. The molecule has 0 bridgehead atoms. The summed E-state index contributed by atoms with van der Waals surface area (Å²) in [6.45, 7) is -0.234. The predicted octanol–water partition coefficient (Wildman–Crippen LogP) is 3.20. The monoisotopic (exact) mass is 359 g/mol. The first-order chi connectivity index (χ1) is 8.74. The zero-order valence-corrected chi connectivity index (χ0v) is 12.3. The van der Waals surface area contributed by atoms with Gasteiger partial charge in [-0.3, -0.25) is 0 Å². The van der Waals surface area contributed by atoms with Gasteiger partial charge in [-0.1, -0.05) is 28.1 Å². The van der Waals surface area contributed by atoms with Crippen molar-refractivity contribution < 1.29 is 21.6 Å². The van der Waals surface area contributed by atoms with E-state index in [4.69, 9.17) is 0 Å². The first-order valence-electron chi connectivity index (χ1n) is 5.46. The number of nitrogens with one attached hydrogen (secondary N) is 1. The van der Waals surface area contributed by atoms with Gasteiger partial charge in [0.15, 0.2) is 0 Å². The summed E-state index contributed by atoms with van der Waals surface area (Å²) in [5.74, 6) is 0. The van der Waals surface area contributed by atoms with Crippen molar-refractivity contribution in [3.05, 3.63) is 29.8 Å². The number of alkyl halides is 4. The van der Waals surface area contributed by atoms with Crippen LogP contribution in [0.1, 0.15) is 18.4 Å². The van der Waals surface area contributed by atoms with Crippen LogP contribution in [0.5, 0.6) is 0 Å². The van der Waals surface area contributed by atoms with Gasteiger partial charge in [0, 0.05) is 18.3 Å². The summed E-state index contributed by atoms with van der Waals surface area (Å²) in [6, 6.07) is 6.11. The molecule has 0 radical (unpaired) electrons. The largest absolute Gasteiger partial charge is 0.389 e. The van der Waals surface area contributed by atoms with E-state index in [1.165, 1.54) is 12.1 Å². The Kier molecular flexibility index (Phi) is 5.82. The molecule has 8 heteroatoms. The van der Waals surface area contributed by atoms with Crippen LogP contribution in [0.3, 0.4) is 0 Å². The number of halogens is 4. The van der Waals surface area contributed by atoms with E-state index in [-0.39, 0.29) is 17.9 Å². The summed E-state index contributed by atoms with van der Waals surface area (Å²) in [6.07, 6.45) is -5.54. The van der Waals surface area contributed by atoms with Gasteiger partial charge in [0.2, 0.25) is 10.0 Å². The second-order valence-electron chi connectivity index (χ2n) is 3.89. The second kappa shape index (κ2) is 6.71. The van der Waals surface area contributed by atoms with Crippen LogP contribution in [0.15, 0.2) is 29.2 Å². The molecule has 0 unspecified atom stereocenters. The van der Waals surface area contributed by atoms with Crippen molar-refractivity contribution in [2.75, 3.05) is 6.54 Å². The lowest BCUT2D eigenvalue weighted by Crippen LogP contribution is -2.25. The van der Waals surface area contributed by atoms with Crippen molar-refractivity contribution in [3.8, 4) is 0 Å². The summed E-state index contributed by atoms with van der Waals surface area (Å²) in [4.78, 5) is 0.0456. The molecule has 0 atom stereocenters. The van der Waals surface area contributed by atoms with Crippen LogP contribution in [0.4, 0.5) is 13.2 Å². The van der Waals surface area contributed by atoms with Crippen molar-refractivity contribution in [1.29, 1.82) is 0 Å². The Morgan fingerprint density at radius 1 is 1.16 bits per heavy atom. The predicted molar refractivity (Wildman–Crippen MR) is 69.6 cm³/mol. The molecule has 0 saturated carbocycles. The van der Waals surface area contributed by atoms with Crippen LogP contribution in [0, 0.1) is 0 Å². The van der Waals surface area contributed by atoms with Gasteiger partial charge in [0.25, 0.3) is 0 Å².